The molecule has 3 N–H and O–H groups in total. The Kier molecular flexibility index (Phi) is 4.05. The minimum absolute atomic E-state index is 0.129. The Bertz CT molecular complexity index is 641. The number of aromatic nitrogens is 2. The third-order valence-corrected chi connectivity index (χ3v) is 2.71. The van der Waals surface area contributed by atoms with E-state index in [0.29, 0.717) is 22.7 Å². The lowest BCUT2D eigenvalue weighted by Crippen LogP contribution is -2.16. The molecule has 6 nitrogen and oxygen atoms in total. The third-order valence-electron chi connectivity index (χ3n) is 2.52. The average Bonchev–Trinajstić information content (AvgIpc) is 2.37. The fourth-order valence-corrected chi connectivity index (χ4v) is 1.90. The average molecular weight is 293 g/mol. The number of anilines is 2. The molecule has 2 aromatic rings. The molecule has 104 valence electrons. The number of halogens is 1. The van der Waals surface area contributed by atoms with Crippen LogP contribution in [0, 0.1) is 6.92 Å². The van der Waals surface area contributed by atoms with E-state index in [-0.39, 0.29) is 11.1 Å². The number of carbonyl (C=O) groups excluding carboxylic acids is 1. The van der Waals surface area contributed by atoms with Gasteiger partial charge in [0.15, 0.2) is 0 Å². The summed E-state index contributed by atoms with van der Waals surface area (Å²) in [5.41, 5.74) is 7.08. The van der Waals surface area contributed by atoms with Crippen LogP contribution in [0.1, 0.15) is 16.1 Å². The summed E-state index contributed by atoms with van der Waals surface area (Å²) in [5.74, 6) is 0.121. The summed E-state index contributed by atoms with van der Waals surface area (Å²) >= 11 is 5.82. The van der Waals surface area contributed by atoms with E-state index < -0.39 is 5.91 Å². The number of ether oxygens (including phenoxy) is 1. The Balaban J connectivity index is 2.30. The normalized spacial score (nSPS) is 10.2. The lowest BCUT2D eigenvalue weighted by molar-refractivity contribution is 0.102. The highest BCUT2D eigenvalue weighted by Crippen LogP contribution is 2.22. The van der Waals surface area contributed by atoms with Gasteiger partial charge in [-0.1, -0.05) is 11.6 Å². The van der Waals surface area contributed by atoms with Crippen LogP contribution in [0.3, 0.4) is 0 Å². The topological polar surface area (TPSA) is 90.1 Å². The van der Waals surface area contributed by atoms with Crippen molar-refractivity contribution in [2.24, 2.45) is 0 Å². The fraction of sp³-hybridized carbons (Fsp3) is 0.154. The minimum atomic E-state index is -0.421. The second kappa shape index (κ2) is 5.75. The first-order valence-corrected chi connectivity index (χ1v) is 6.13. The van der Waals surface area contributed by atoms with Gasteiger partial charge < -0.3 is 10.5 Å². The van der Waals surface area contributed by atoms with Crippen LogP contribution in [-0.2, 0) is 0 Å². The van der Waals surface area contributed by atoms with Gasteiger partial charge in [-0.3, -0.25) is 10.1 Å². The standard InChI is InChI=1S/C13H13ClN4O2/c1-7-5-11(14)17-13(16-7)18-12(19)9-6-8(15)3-4-10(9)20-2/h3-6H,15H2,1-2H3,(H,16,17,18,19). The van der Waals surface area contributed by atoms with Crippen molar-refractivity contribution in [1.82, 2.24) is 9.97 Å². The summed E-state index contributed by atoms with van der Waals surface area (Å²) in [4.78, 5) is 20.2. The molecular formula is C13H13ClN4O2. The van der Waals surface area contributed by atoms with Crippen LogP contribution < -0.4 is 15.8 Å². The van der Waals surface area contributed by atoms with E-state index >= 15 is 0 Å². The zero-order valence-corrected chi connectivity index (χ0v) is 11.7. The molecule has 0 unspecified atom stereocenters. The van der Waals surface area contributed by atoms with Crippen LogP contribution in [0.5, 0.6) is 5.75 Å². The zero-order valence-electron chi connectivity index (χ0n) is 11.0. The number of nitrogens with one attached hydrogen (secondary N) is 1. The number of benzene rings is 1. The molecule has 0 fully saturated rings. The molecule has 0 aliphatic rings. The maximum atomic E-state index is 12.2. The highest BCUT2D eigenvalue weighted by atomic mass is 35.5. The molecule has 0 saturated heterocycles. The van der Waals surface area contributed by atoms with Gasteiger partial charge in [0, 0.05) is 11.4 Å². The monoisotopic (exact) mass is 292 g/mol. The summed E-state index contributed by atoms with van der Waals surface area (Å²) in [6, 6.07) is 6.38. The molecule has 1 aromatic carbocycles. The van der Waals surface area contributed by atoms with Gasteiger partial charge in [0.1, 0.15) is 10.9 Å². The van der Waals surface area contributed by atoms with Crippen LogP contribution in [0.2, 0.25) is 5.15 Å². The van der Waals surface area contributed by atoms with Crippen molar-refractivity contribution in [3.05, 3.63) is 40.7 Å². The van der Waals surface area contributed by atoms with E-state index in [1.165, 1.54) is 13.2 Å². The first kappa shape index (κ1) is 14.1. The molecule has 0 radical (unpaired) electrons. The van der Waals surface area contributed by atoms with E-state index in [4.69, 9.17) is 22.1 Å². The van der Waals surface area contributed by atoms with Crippen molar-refractivity contribution in [1.29, 1.82) is 0 Å². The number of carbonyl (C=O) groups is 1. The molecule has 0 saturated carbocycles. The van der Waals surface area contributed by atoms with Gasteiger partial charge in [-0.25, -0.2) is 9.97 Å². The molecule has 1 aromatic heterocycles. The molecule has 0 aliphatic heterocycles. The van der Waals surface area contributed by atoms with Gasteiger partial charge in [0.2, 0.25) is 5.95 Å². The Morgan fingerprint density at radius 3 is 2.75 bits per heavy atom. The molecule has 0 spiro atoms. The number of nitrogens with two attached hydrogens (primary N) is 1. The maximum absolute atomic E-state index is 12.2. The van der Waals surface area contributed by atoms with Gasteiger partial charge >= 0.3 is 0 Å². The fourth-order valence-electron chi connectivity index (χ4n) is 1.66. The van der Waals surface area contributed by atoms with Crippen LogP contribution >= 0.6 is 11.6 Å². The molecule has 7 heteroatoms. The van der Waals surface area contributed by atoms with E-state index in [2.05, 4.69) is 15.3 Å². The Hall–Kier alpha value is -2.34. The summed E-state index contributed by atoms with van der Waals surface area (Å²) in [6.45, 7) is 1.75. The highest BCUT2D eigenvalue weighted by Gasteiger charge is 2.14. The molecule has 0 aliphatic carbocycles. The van der Waals surface area contributed by atoms with E-state index in [9.17, 15) is 4.79 Å². The molecular weight excluding hydrogens is 280 g/mol. The zero-order chi connectivity index (χ0) is 14.7. The Morgan fingerprint density at radius 2 is 2.10 bits per heavy atom. The van der Waals surface area contributed by atoms with Crippen molar-refractivity contribution in [2.75, 3.05) is 18.2 Å². The molecule has 0 bridgehead atoms. The van der Waals surface area contributed by atoms with Crippen LogP contribution in [0.4, 0.5) is 11.6 Å². The first-order valence-electron chi connectivity index (χ1n) is 5.75. The lowest BCUT2D eigenvalue weighted by atomic mass is 10.1. The quantitative estimate of drug-likeness (QED) is 0.669. The van der Waals surface area contributed by atoms with E-state index in [0.717, 1.165) is 0 Å². The van der Waals surface area contributed by atoms with Crippen molar-refractivity contribution in [2.45, 2.75) is 6.92 Å². The number of hydrogen-bond acceptors (Lipinski definition) is 5. The number of rotatable bonds is 3. The van der Waals surface area contributed by atoms with Crippen LogP contribution in [-0.4, -0.2) is 23.0 Å². The van der Waals surface area contributed by atoms with Crippen molar-refractivity contribution in [3.8, 4) is 5.75 Å². The predicted molar refractivity (Wildman–Crippen MR) is 77.1 cm³/mol. The molecule has 2 rings (SSSR count). The second-order valence-corrected chi connectivity index (χ2v) is 4.46. The maximum Gasteiger partial charge on any atom is 0.261 e. The SMILES string of the molecule is COc1ccc(N)cc1C(=O)Nc1nc(C)cc(Cl)n1. The number of methoxy groups -OCH3 is 1. The third kappa shape index (κ3) is 3.16. The molecule has 20 heavy (non-hydrogen) atoms. The van der Waals surface area contributed by atoms with Crippen molar-refractivity contribution < 1.29 is 9.53 Å². The molecule has 1 amide bonds. The predicted octanol–water partition coefficient (Wildman–Crippen LogP) is 2.28. The van der Waals surface area contributed by atoms with Gasteiger partial charge in [0.25, 0.3) is 5.91 Å². The number of nitrogen functional groups attached to an aromatic ring is 1. The minimum Gasteiger partial charge on any atom is -0.496 e. The van der Waals surface area contributed by atoms with Crippen molar-refractivity contribution >= 4 is 29.1 Å². The van der Waals surface area contributed by atoms with Gasteiger partial charge in [-0.15, -0.1) is 0 Å². The largest absolute Gasteiger partial charge is 0.496 e. The van der Waals surface area contributed by atoms with Gasteiger partial charge in [-0.2, -0.15) is 0 Å². The summed E-state index contributed by atoms with van der Waals surface area (Å²) in [6.07, 6.45) is 0. The highest BCUT2D eigenvalue weighted by molar-refractivity contribution is 6.29. The summed E-state index contributed by atoms with van der Waals surface area (Å²) in [7, 11) is 1.47. The summed E-state index contributed by atoms with van der Waals surface area (Å²) in [5, 5.41) is 2.82. The van der Waals surface area contributed by atoms with Crippen LogP contribution in [0.25, 0.3) is 0 Å². The van der Waals surface area contributed by atoms with E-state index in [1.54, 1.807) is 25.1 Å². The summed E-state index contributed by atoms with van der Waals surface area (Å²) < 4.78 is 5.12. The van der Waals surface area contributed by atoms with E-state index in [1.807, 2.05) is 0 Å². The lowest BCUT2D eigenvalue weighted by Gasteiger charge is -2.09. The second-order valence-electron chi connectivity index (χ2n) is 4.07. The van der Waals surface area contributed by atoms with Gasteiger partial charge in [0.05, 0.1) is 12.7 Å². The Morgan fingerprint density at radius 1 is 1.35 bits per heavy atom. The van der Waals surface area contributed by atoms with Gasteiger partial charge in [-0.05, 0) is 31.2 Å². The van der Waals surface area contributed by atoms with Crippen molar-refractivity contribution in [3.63, 3.8) is 0 Å². The Labute approximate surface area is 120 Å². The first-order chi connectivity index (χ1) is 9.49. The number of amides is 1. The number of nitrogens with zero attached hydrogens (tertiary/aromatic N) is 2. The van der Waals surface area contributed by atoms with Crippen LogP contribution in [0.15, 0.2) is 24.3 Å². The number of aryl methyl sites for hydroxylation is 1. The smallest absolute Gasteiger partial charge is 0.261 e. The molecule has 1 heterocycles. The number of hydrogen-bond donors (Lipinski definition) is 2. The molecule has 0 atom stereocenters.